The first-order valence-corrected chi connectivity index (χ1v) is 8.79. The smallest absolute Gasteiger partial charge is 0.261 e. The number of aromatic nitrogens is 2. The van der Waals surface area contributed by atoms with Crippen molar-refractivity contribution in [3.05, 3.63) is 65.8 Å². The molecule has 2 heterocycles. The van der Waals surface area contributed by atoms with Crippen LogP contribution in [0.3, 0.4) is 0 Å². The Bertz CT molecular complexity index is 969. The predicted molar refractivity (Wildman–Crippen MR) is 98.5 cm³/mol. The quantitative estimate of drug-likeness (QED) is 0.559. The number of nitrogens with one attached hydrogen (secondary N) is 1. The van der Waals surface area contributed by atoms with Gasteiger partial charge in [-0.3, -0.25) is 4.79 Å². The van der Waals surface area contributed by atoms with E-state index in [-0.39, 0.29) is 5.91 Å². The van der Waals surface area contributed by atoms with E-state index >= 15 is 0 Å². The molecule has 0 unspecified atom stereocenters. The molecule has 2 aromatic carbocycles. The zero-order valence-electron chi connectivity index (χ0n) is 13.1. The molecule has 1 amide bonds. The third-order valence-electron chi connectivity index (χ3n) is 4.04. The van der Waals surface area contributed by atoms with Crippen molar-refractivity contribution in [1.29, 1.82) is 0 Å². The van der Waals surface area contributed by atoms with E-state index < -0.39 is 0 Å². The van der Waals surface area contributed by atoms with E-state index in [0.717, 1.165) is 39.0 Å². The molecular weight excluding hydrogens is 318 g/mol. The molecule has 0 aliphatic rings. The predicted octanol–water partition coefficient (Wildman–Crippen LogP) is 4.07. The molecule has 0 spiro atoms. The third-order valence-corrected chi connectivity index (χ3v) is 5.15. The van der Waals surface area contributed by atoms with Gasteiger partial charge in [0.05, 0.1) is 22.2 Å². The van der Waals surface area contributed by atoms with Crippen LogP contribution >= 0.6 is 11.3 Å². The highest BCUT2D eigenvalue weighted by atomic mass is 32.1. The number of amides is 1. The molecule has 0 aliphatic carbocycles. The Labute approximate surface area is 143 Å². The van der Waals surface area contributed by atoms with Gasteiger partial charge < -0.3 is 9.88 Å². The van der Waals surface area contributed by atoms with Gasteiger partial charge in [-0.05, 0) is 36.1 Å². The first-order valence-electron chi connectivity index (χ1n) is 7.98. The Hall–Kier alpha value is -2.66. The maximum Gasteiger partial charge on any atom is 0.261 e. The molecule has 0 saturated carbocycles. The van der Waals surface area contributed by atoms with Crippen molar-refractivity contribution < 1.29 is 4.79 Å². The molecule has 0 aliphatic heterocycles. The van der Waals surface area contributed by atoms with Gasteiger partial charge in [0.2, 0.25) is 0 Å². The zero-order chi connectivity index (χ0) is 16.4. The number of carbonyl (C=O) groups is 1. The summed E-state index contributed by atoms with van der Waals surface area (Å²) in [6.45, 7) is 1.49. The second kappa shape index (κ2) is 6.45. The van der Waals surface area contributed by atoms with Crippen LogP contribution in [0.1, 0.15) is 16.1 Å². The lowest BCUT2D eigenvalue weighted by Crippen LogP contribution is -2.24. The monoisotopic (exact) mass is 335 g/mol. The summed E-state index contributed by atoms with van der Waals surface area (Å²) in [6.07, 6.45) is 2.73. The largest absolute Gasteiger partial charge is 0.351 e. The highest BCUT2D eigenvalue weighted by Crippen LogP contribution is 2.25. The van der Waals surface area contributed by atoms with Crippen molar-refractivity contribution in [2.45, 2.75) is 13.0 Å². The van der Waals surface area contributed by atoms with Gasteiger partial charge in [0.1, 0.15) is 0 Å². The number of hydrogen-bond acceptors (Lipinski definition) is 3. The zero-order valence-corrected chi connectivity index (χ0v) is 13.9. The first-order chi connectivity index (χ1) is 11.8. The van der Waals surface area contributed by atoms with Crippen LogP contribution in [-0.4, -0.2) is 22.0 Å². The van der Waals surface area contributed by atoms with E-state index in [2.05, 4.69) is 20.9 Å². The number of fused-ring (bicyclic) bond motifs is 2. The molecule has 1 N–H and O–H groups in total. The molecule has 4 nitrogen and oxygen atoms in total. The lowest BCUT2D eigenvalue weighted by atomic mass is 10.2. The number of imidazole rings is 1. The SMILES string of the molecule is O=C(NCCCn1cnc2ccccc21)c1cc2ccccc2s1. The number of aryl methyl sites for hydroxylation is 1. The summed E-state index contributed by atoms with van der Waals surface area (Å²) >= 11 is 1.54. The maximum atomic E-state index is 12.3. The lowest BCUT2D eigenvalue weighted by molar-refractivity contribution is 0.0957. The summed E-state index contributed by atoms with van der Waals surface area (Å²) in [6, 6.07) is 18.1. The fourth-order valence-electron chi connectivity index (χ4n) is 2.82. The molecular formula is C19H17N3OS. The molecule has 4 aromatic rings. The van der Waals surface area contributed by atoms with E-state index in [9.17, 15) is 4.79 Å². The van der Waals surface area contributed by atoms with Gasteiger partial charge in [0.15, 0.2) is 0 Å². The summed E-state index contributed by atoms with van der Waals surface area (Å²) in [5.41, 5.74) is 2.14. The minimum atomic E-state index is 0.00619. The normalized spacial score (nSPS) is 11.2. The van der Waals surface area contributed by atoms with Gasteiger partial charge >= 0.3 is 0 Å². The van der Waals surface area contributed by atoms with Crippen LogP contribution in [0.5, 0.6) is 0 Å². The van der Waals surface area contributed by atoms with Crippen molar-refractivity contribution in [3.63, 3.8) is 0 Å². The molecule has 4 rings (SSSR count). The molecule has 0 radical (unpaired) electrons. The van der Waals surface area contributed by atoms with Crippen LogP contribution in [-0.2, 0) is 6.54 Å². The minimum Gasteiger partial charge on any atom is -0.351 e. The topological polar surface area (TPSA) is 46.9 Å². The van der Waals surface area contributed by atoms with Gasteiger partial charge in [-0.25, -0.2) is 4.98 Å². The van der Waals surface area contributed by atoms with Gasteiger partial charge in [-0.1, -0.05) is 30.3 Å². The number of nitrogens with zero attached hydrogens (tertiary/aromatic N) is 2. The summed E-state index contributed by atoms with van der Waals surface area (Å²) in [5, 5.41) is 4.13. The van der Waals surface area contributed by atoms with Gasteiger partial charge in [0, 0.05) is 17.8 Å². The van der Waals surface area contributed by atoms with E-state index in [1.54, 1.807) is 0 Å². The van der Waals surface area contributed by atoms with Gasteiger partial charge in [0.25, 0.3) is 5.91 Å². The average molecular weight is 335 g/mol. The van der Waals surface area contributed by atoms with Crippen LogP contribution in [0.25, 0.3) is 21.1 Å². The molecule has 24 heavy (non-hydrogen) atoms. The Morgan fingerprint density at radius 3 is 2.88 bits per heavy atom. The third kappa shape index (κ3) is 2.90. The molecule has 0 atom stereocenters. The van der Waals surface area contributed by atoms with Crippen LogP contribution in [0.15, 0.2) is 60.9 Å². The summed E-state index contributed by atoms with van der Waals surface area (Å²) in [7, 11) is 0. The standard InChI is InChI=1S/C19H17N3OS/c23-19(18-12-14-6-1-4-9-17(14)24-18)20-10-5-11-22-13-21-15-7-2-3-8-16(15)22/h1-4,6-9,12-13H,5,10-11H2,(H,20,23). The van der Waals surface area contributed by atoms with E-state index in [1.807, 2.05) is 54.9 Å². The molecule has 0 fully saturated rings. The Balaban J connectivity index is 1.34. The number of benzene rings is 2. The number of para-hydroxylation sites is 2. The fraction of sp³-hybridized carbons (Fsp3) is 0.158. The van der Waals surface area contributed by atoms with Gasteiger partial charge in [-0.2, -0.15) is 0 Å². The second-order valence-corrected chi connectivity index (χ2v) is 6.77. The number of thiophene rings is 1. The lowest BCUT2D eigenvalue weighted by Gasteiger charge is -2.05. The number of hydrogen-bond donors (Lipinski definition) is 1. The fourth-order valence-corrected chi connectivity index (χ4v) is 3.80. The molecule has 5 heteroatoms. The Morgan fingerprint density at radius 1 is 1.12 bits per heavy atom. The van der Waals surface area contributed by atoms with Crippen molar-refractivity contribution in [3.8, 4) is 0 Å². The number of rotatable bonds is 5. The van der Waals surface area contributed by atoms with Crippen molar-refractivity contribution in [2.75, 3.05) is 6.54 Å². The Kier molecular flexibility index (Phi) is 4.01. The molecule has 2 aromatic heterocycles. The van der Waals surface area contributed by atoms with Crippen LogP contribution in [0.2, 0.25) is 0 Å². The molecule has 0 saturated heterocycles. The Morgan fingerprint density at radius 2 is 1.96 bits per heavy atom. The highest BCUT2D eigenvalue weighted by Gasteiger charge is 2.09. The number of carbonyl (C=O) groups excluding carboxylic acids is 1. The van der Waals surface area contributed by atoms with Crippen molar-refractivity contribution in [1.82, 2.24) is 14.9 Å². The van der Waals surface area contributed by atoms with Crippen LogP contribution in [0, 0.1) is 0 Å². The first kappa shape index (κ1) is 14.9. The van der Waals surface area contributed by atoms with Crippen LogP contribution in [0.4, 0.5) is 0 Å². The van der Waals surface area contributed by atoms with Crippen molar-refractivity contribution in [2.24, 2.45) is 0 Å². The van der Waals surface area contributed by atoms with Crippen molar-refractivity contribution >= 4 is 38.4 Å². The summed E-state index contributed by atoms with van der Waals surface area (Å²) in [5.74, 6) is 0.00619. The summed E-state index contributed by atoms with van der Waals surface area (Å²) in [4.78, 5) is 17.4. The van der Waals surface area contributed by atoms with Crippen LogP contribution < -0.4 is 5.32 Å². The van der Waals surface area contributed by atoms with E-state index in [1.165, 1.54) is 11.3 Å². The minimum absolute atomic E-state index is 0.00619. The molecule has 120 valence electrons. The highest BCUT2D eigenvalue weighted by molar-refractivity contribution is 7.20. The second-order valence-electron chi connectivity index (χ2n) is 5.68. The average Bonchev–Trinajstić information content (AvgIpc) is 3.23. The maximum absolute atomic E-state index is 12.3. The molecule has 0 bridgehead atoms. The van der Waals surface area contributed by atoms with E-state index in [0.29, 0.717) is 6.54 Å². The van der Waals surface area contributed by atoms with E-state index in [4.69, 9.17) is 0 Å². The van der Waals surface area contributed by atoms with Gasteiger partial charge in [-0.15, -0.1) is 11.3 Å². The summed E-state index contributed by atoms with van der Waals surface area (Å²) < 4.78 is 3.27.